The van der Waals surface area contributed by atoms with Crippen LogP contribution in [0.1, 0.15) is 31.4 Å². The minimum absolute atomic E-state index is 0.350. The molecule has 0 saturated carbocycles. The van der Waals surface area contributed by atoms with Gasteiger partial charge in [-0.3, -0.25) is 4.18 Å². The molecule has 3 N–H and O–H groups in total. The van der Waals surface area contributed by atoms with Gasteiger partial charge in [0.05, 0.1) is 0 Å². The number of benzene rings is 1. The van der Waals surface area contributed by atoms with E-state index in [1.165, 1.54) is 0 Å². The average Bonchev–Trinajstić information content (AvgIpc) is 2.26. The molecule has 7 heteroatoms. The summed E-state index contributed by atoms with van der Waals surface area (Å²) >= 11 is 5.94. The van der Waals surface area contributed by atoms with E-state index in [2.05, 4.69) is 0 Å². The Bertz CT molecular complexity index is 492. The van der Waals surface area contributed by atoms with Crippen molar-refractivity contribution in [3.8, 4) is 0 Å². The quantitative estimate of drug-likeness (QED) is 0.836. The van der Waals surface area contributed by atoms with Crippen molar-refractivity contribution in [1.29, 1.82) is 0 Å². The molecule has 0 radical (unpaired) electrons. The van der Waals surface area contributed by atoms with Crippen molar-refractivity contribution in [2.75, 3.05) is 0 Å². The van der Waals surface area contributed by atoms with Crippen molar-refractivity contribution in [3.05, 3.63) is 34.9 Å². The van der Waals surface area contributed by atoms with Crippen LogP contribution in [0.3, 0.4) is 0 Å². The molecule has 0 aliphatic heterocycles. The van der Waals surface area contributed by atoms with Crippen LogP contribution in [0.5, 0.6) is 0 Å². The van der Waals surface area contributed by atoms with E-state index >= 15 is 0 Å². The van der Waals surface area contributed by atoms with Crippen LogP contribution in [0.25, 0.3) is 0 Å². The van der Waals surface area contributed by atoms with Gasteiger partial charge in [0.2, 0.25) is 0 Å². The van der Waals surface area contributed by atoms with E-state index in [1.54, 1.807) is 24.3 Å². The van der Waals surface area contributed by atoms with E-state index in [9.17, 15) is 13.5 Å². The number of halogens is 1. The van der Waals surface area contributed by atoms with Gasteiger partial charge in [0, 0.05) is 10.6 Å². The summed E-state index contributed by atoms with van der Waals surface area (Å²) in [6.07, 6.45) is -1.09. The van der Waals surface area contributed by atoms with Gasteiger partial charge in [-0.05, 0) is 12.5 Å². The lowest BCUT2D eigenvalue weighted by Gasteiger charge is -2.22. The third kappa shape index (κ3) is 4.55. The number of aliphatic hydroxyl groups is 1. The van der Waals surface area contributed by atoms with Gasteiger partial charge in [-0.15, -0.1) is 0 Å². The summed E-state index contributed by atoms with van der Waals surface area (Å²) in [6, 6.07) is 6.64. The molecule has 0 spiro atoms. The molecule has 0 unspecified atom stereocenters. The fraction of sp³-hybridized carbons (Fsp3) is 0.455. The van der Waals surface area contributed by atoms with Gasteiger partial charge in [-0.1, -0.05) is 43.1 Å². The van der Waals surface area contributed by atoms with Gasteiger partial charge >= 0.3 is 10.3 Å². The van der Waals surface area contributed by atoms with Crippen LogP contribution in [0, 0.1) is 0 Å². The van der Waals surface area contributed by atoms with Crippen LogP contribution in [0.15, 0.2) is 24.3 Å². The van der Waals surface area contributed by atoms with Crippen LogP contribution < -0.4 is 5.14 Å². The molecule has 0 heterocycles. The Morgan fingerprint density at radius 2 is 2.06 bits per heavy atom. The molecule has 2 atom stereocenters. The first kappa shape index (κ1) is 15.4. The third-order valence-corrected chi connectivity index (χ3v) is 3.27. The Morgan fingerprint density at radius 1 is 1.44 bits per heavy atom. The van der Waals surface area contributed by atoms with E-state index < -0.39 is 22.5 Å². The highest BCUT2D eigenvalue weighted by Gasteiger charge is 2.26. The lowest BCUT2D eigenvalue weighted by atomic mass is 10.0. The summed E-state index contributed by atoms with van der Waals surface area (Å²) in [6.45, 7) is 1.85. The van der Waals surface area contributed by atoms with Crippen molar-refractivity contribution >= 4 is 21.9 Å². The SMILES string of the molecule is CCC[C@@H](OS(N)(=O)=O)[C@H](O)c1ccccc1Cl. The predicted molar refractivity (Wildman–Crippen MR) is 69.3 cm³/mol. The Hall–Kier alpha value is -0.660. The molecular formula is C11H16ClNO4S. The van der Waals surface area contributed by atoms with Crippen molar-refractivity contribution in [1.82, 2.24) is 0 Å². The minimum atomic E-state index is -4.11. The maximum atomic E-state index is 10.9. The maximum Gasteiger partial charge on any atom is 0.333 e. The van der Waals surface area contributed by atoms with Crippen LogP contribution >= 0.6 is 11.6 Å². The predicted octanol–water partition coefficient (Wildman–Crippen LogP) is 1.76. The fourth-order valence-corrected chi connectivity index (χ4v) is 2.42. The summed E-state index contributed by atoms with van der Waals surface area (Å²) < 4.78 is 26.6. The van der Waals surface area contributed by atoms with Gasteiger partial charge in [0.15, 0.2) is 0 Å². The molecule has 102 valence electrons. The van der Waals surface area contributed by atoms with Crippen molar-refractivity contribution < 1.29 is 17.7 Å². The van der Waals surface area contributed by atoms with E-state index in [0.29, 0.717) is 23.4 Å². The van der Waals surface area contributed by atoms with Crippen LogP contribution in [-0.4, -0.2) is 19.6 Å². The van der Waals surface area contributed by atoms with Crippen molar-refractivity contribution in [2.24, 2.45) is 5.14 Å². The second-order valence-corrected chi connectivity index (χ2v) is 5.47. The first-order valence-electron chi connectivity index (χ1n) is 5.48. The molecule has 1 aromatic rings. The zero-order chi connectivity index (χ0) is 13.8. The summed E-state index contributed by atoms with van der Waals surface area (Å²) in [5, 5.41) is 15.3. The van der Waals surface area contributed by atoms with Gasteiger partial charge in [-0.2, -0.15) is 8.42 Å². The third-order valence-electron chi connectivity index (χ3n) is 2.41. The topological polar surface area (TPSA) is 89.6 Å². The minimum Gasteiger partial charge on any atom is -0.386 e. The number of nitrogens with two attached hydrogens (primary N) is 1. The molecule has 0 amide bonds. The fourth-order valence-electron chi connectivity index (χ4n) is 1.63. The zero-order valence-electron chi connectivity index (χ0n) is 9.91. The number of rotatable bonds is 6. The van der Waals surface area contributed by atoms with E-state index in [4.69, 9.17) is 20.9 Å². The molecule has 0 aliphatic carbocycles. The average molecular weight is 294 g/mol. The molecule has 1 rings (SSSR count). The Kier molecular flexibility index (Phi) is 5.55. The standard InChI is InChI=1S/C11H16ClNO4S/c1-2-5-10(17-18(13,15)16)11(14)8-6-3-4-7-9(8)12/h3-4,6-7,10-11,14H,2,5H2,1H3,(H2,13,15,16)/t10-,11-/m1/s1. The summed E-state index contributed by atoms with van der Waals surface area (Å²) in [4.78, 5) is 0. The van der Waals surface area contributed by atoms with Gasteiger partial charge in [0.1, 0.15) is 12.2 Å². The molecule has 0 aromatic heterocycles. The van der Waals surface area contributed by atoms with E-state index in [0.717, 1.165) is 0 Å². The number of aliphatic hydroxyl groups excluding tert-OH is 1. The van der Waals surface area contributed by atoms with Crippen LogP contribution in [-0.2, 0) is 14.5 Å². The molecule has 0 aliphatic rings. The highest BCUT2D eigenvalue weighted by atomic mass is 35.5. The highest BCUT2D eigenvalue weighted by Crippen LogP contribution is 2.28. The first-order valence-corrected chi connectivity index (χ1v) is 7.33. The largest absolute Gasteiger partial charge is 0.386 e. The first-order chi connectivity index (χ1) is 8.35. The van der Waals surface area contributed by atoms with Crippen molar-refractivity contribution in [3.63, 3.8) is 0 Å². The van der Waals surface area contributed by atoms with Crippen molar-refractivity contribution in [2.45, 2.75) is 32.0 Å². The van der Waals surface area contributed by atoms with Crippen LogP contribution in [0.2, 0.25) is 5.02 Å². The number of hydrogen-bond donors (Lipinski definition) is 2. The maximum absolute atomic E-state index is 10.9. The molecule has 5 nitrogen and oxygen atoms in total. The monoisotopic (exact) mass is 293 g/mol. The highest BCUT2D eigenvalue weighted by molar-refractivity contribution is 7.84. The zero-order valence-corrected chi connectivity index (χ0v) is 11.5. The van der Waals surface area contributed by atoms with E-state index in [1.807, 2.05) is 6.92 Å². The lowest BCUT2D eigenvalue weighted by molar-refractivity contribution is 0.0340. The normalized spacial score (nSPS) is 15.3. The number of hydrogen-bond acceptors (Lipinski definition) is 4. The molecule has 1 aromatic carbocycles. The lowest BCUT2D eigenvalue weighted by Crippen LogP contribution is -2.29. The Morgan fingerprint density at radius 3 is 2.56 bits per heavy atom. The molecule has 0 saturated heterocycles. The Balaban J connectivity index is 2.96. The molecule has 0 fully saturated rings. The van der Waals surface area contributed by atoms with Gasteiger partial charge < -0.3 is 5.11 Å². The molecular weight excluding hydrogens is 278 g/mol. The second-order valence-electron chi connectivity index (χ2n) is 3.88. The Labute approximate surface area is 112 Å². The van der Waals surface area contributed by atoms with Gasteiger partial charge in [0.25, 0.3) is 0 Å². The summed E-state index contributed by atoms with van der Waals surface area (Å²) in [5.74, 6) is 0. The second kappa shape index (κ2) is 6.49. The van der Waals surface area contributed by atoms with E-state index in [-0.39, 0.29) is 0 Å². The van der Waals surface area contributed by atoms with Gasteiger partial charge in [-0.25, -0.2) is 5.14 Å². The molecule has 18 heavy (non-hydrogen) atoms. The summed E-state index contributed by atoms with van der Waals surface area (Å²) in [5.41, 5.74) is 0.418. The van der Waals surface area contributed by atoms with Crippen LogP contribution in [0.4, 0.5) is 0 Å². The summed E-state index contributed by atoms with van der Waals surface area (Å²) in [7, 11) is -4.11. The molecule has 0 bridgehead atoms. The smallest absolute Gasteiger partial charge is 0.333 e.